The van der Waals surface area contributed by atoms with E-state index in [0.29, 0.717) is 13.2 Å². The topological polar surface area (TPSA) is 41.5 Å². The van der Waals surface area contributed by atoms with Crippen molar-refractivity contribution in [3.63, 3.8) is 0 Å². The van der Waals surface area contributed by atoms with Gasteiger partial charge in [-0.3, -0.25) is 0 Å². The van der Waals surface area contributed by atoms with Crippen molar-refractivity contribution in [2.45, 2.75) is 11.0 Å². The minimum absolute atomic E-state index is 0.388. The first-order valence-electron chi connectivity index (χ1n) is 5.38. The van der Waals surface area contributed by atoms with Gasteiger partial charge in [-0.15, -0.1) is 11.8 Å². The molecule has 0 aliphatic carbocycles. The fourth-order valence-corrected chi connectivity index (χ4v) is 2.11. The second-order valence-electron chi connectivity index (χ2n) is 3.47. The number of hydrogen-bond donors (Lipinski definition) is 2. The summed E-state index contributed by atoms with van der Waals surface area (Å²) in [6.45, 7) is 1.86. The summed E-state index contributed by atoms with van der Waals surface area (Å²) in [6, 6.07) is 10.3. The van der Waals surface area contributed by atoms with E-state index in [1.165, 1.54) is 4.90 Å². The monoisotopic (exact) mass is 241 g/mol. The lowest BCUT2D eigenvalue weighted by molar-refractivity contribution is 0.0650. The quantitative estimate of drug-likeness (QED) is 0.533. The molecule has 90 valence electrons. The summed E-state index contributed by atoms with van der Waals surface area (Å²) in [7, 11) is 1.59. The Balaban J connectivity index is 2.00. The Bertz CT molecular complexity index is 269. The van der Waals surface area contributed by atoms with Crippen LogP contribution in [0.4, 0.5) is 0 Å². The molecule has 0 aromatic heterocycles. The molecule has 1 unspecified atom stereocenters. The summed E-state index contributed by atoms with van der Waals surface area (Å²) < 4.78 is 4.83. The van der Waals surface area contributed by atoms with Gasteiger partial charge in [-0.05, 0) is 12.1 Å². The lowest BCUT2D eigenvalue weighted by atomic mass is 10.4. The summed E-state index contributed by atoms with van der Waals surface area (Å²) in [6.07, 6.45) is -0.410. The third kappa shape index (κ3) is 6.12. The average Bonchev–Trinajstić information content (AvgIpc) is 2.30. The maximum absolute atomic E-state index is 9.37. The zero-order valence-electron chi connectivity index (χ0n) is 9.56. The number of aliphatic hydroxyl groups is 1. The molecule has 0 amide bonds. The van der Waals surface area contributed by atoms with Crippen LogP contribution in [0.15, 0.2) is 35.2 Å². The molecule has 0 aliphatic rings. The van der Waals surface area contributed by atoms with Gasteiger partial charge in [-0.1, -0.05) is 18.2 Å². The minimum Gasteiger partial charge on any atom is -0.389 e. The molecule has 16 heavy (non-hydrogen) atoms. The van der Waals surface area contributed by atoms with E-state index in [2.05, 4.69) is 17.4 Å². The molecule has 0 aliphatic heterocycles. The lowest BCUT2D eigenvalue weighted by Crippen LogP contribution is -2.31. The van der Waals surface area contributed by atoms with Crippen molar-refractivity contribution < 1.29 is 9.84 Å². The maximum atomic E-state index is 9.37. The predicted molar refractivity (Wildman–Crippen MR) is 67.9 cm³/mol. The summed E-state index contributed by atoms with van der Waals surface area (Å²) in [5, 5.41) is 12.6. The van der Waals surface area contributed by atoms with Crippen LogP contribution in [0.2, 0.25) is 0 Å². The van der Waals surface area contributed by atoms with Crippen LogP contribution in [0.3, 0.4) is 0 Å². The largest absolute Gasteiger partial charge is 0.389 e. The van der Waals surface area contributed by atoms with Crippen LogP contribution in [0.25, 0.3) is 0 Å². The van der Waals surface area contributed by atoms with Crippen LogP contribution < -0.4 is 5.32 Å². The van der Waals surface area contributed by atoms with Gasteiger partial charge in [0, 0.05) is 30.8 Å². The Morgan fingerprint density at radius 1 is 1.38 bits per heavy atom. The van der Waals surface area contributed by atoms with E-state index in [1.807, 2.05) is 30.0 Å². The normalized spacial score (nSPS) is 12.6. The molecule has 0 saturated carbocycles. The van der Waals surface area contributed by atoms with Gasteiger partial charge in [0.05, 0.1) is 12.7 Å². The third-order valence-corrected chi connectivity index (χ3v) is 3.04. The lowest BCUT2D eigenvalue weighted by Gasteiger charge is -2.10. The summed E-state index contributed by atoms with van der Waals surface area (Å²) >= 11 is 1.81. The number of hydrogen-bond acceptors (Lipinski definition) is 4. The second kappa shape index (κ2) is 8.58. The van der Waals surface area contributed by atoms with Crippen LogP contribution >= 0.6 is 11.8 Å². The molecule has 0 heterocycles. The van der Waals surface area contributed by atoms with Crippen LogP contribution in [-0.2, 0) is 4.74 Å². The summed E-state index contributed by atoms with van der Waals surface area (Å²) in [4.78, 5) is 1.28. The van der Waals surface area contributed by atoms with E-state index in [4.69, 9.17) is 4.74 Å². The number of methoxy groups -OCH3 is 1. The number of benzene rings is 1. The number of nitrogens with one attached hydrogen (secondary N) is 1. The molecule has 0 radical (unpaired) electrons. The van der Waals surface area contributed by atoms with Crippen LogP contribution in [0.5, 0.6) is 0 Å². The molecule has 1 aromatic rings. The van der Waals surface area contributed by atoms with E-state index in [1.54, 1.807) is 7.11 Å². The number of thioether (sulfide) groups is 1. The molecule has 0 saturated heterocycles. The van der Waals surface area contributed by atoms with Crippen LogP contribution in [0.1, 0.15) is 0 Å². The molecule has 2 N–H and O–H groups in total. The fraction of sp³-hybridized carbons (Fsp3) is 0.500. The van der Waals surface area contributed by atoms with E-state index in [9.17, 15) is 5.11 Å². The van der Waals surface area contributed by atoms with Gasteiger partial charge >= 0.3 is 0 Å². The highest BCUT2D eigenvalue weighted by Gasteiger charge is 2.01. The Morgan fingerprint density at radius 2 is 2.12 bits per heavy atom. The summed E-state index contributed by atoms with van der Waals surface area (Å²) in [5.41, 5.74) is 0. The van der Waals surface area contributed by atoms with E-state index >= 15 is 0 Å². The Morgan fingerprint density at radius 3 is 2.81 bits per heavy atom. The van der Waals surface area contributed by atoms with Crippen LogP contribution in [0, 0.1) is 0 Å². The van der Waals surface area contributed by atoms with Crippen LogP contribution in [-0.4, -0.2) is 43.8 Å². The second-order valence-corrected chi connectivity index (χ2v) is 4.64. The van der Waals surface area contributed by atoms with Gasteiger partial charge in [0.1, 0.15) is 0 Å². The first kappa shape index (κ1) is 13.5. The first-order chi connectivity index (χ1) is 7.83. The molecule has 1 atom stereocenters. The number of rotatable bonds is 8. The zero-order valence-corrected chi connectivity index (χ0v) is 10.4. The highest BCUT2D eigenvalue weighted by atomic mass is 32.2. The van der Waals surface area contributed by atoms with Gasteiger partial charge in [0.2, 0.25) is 0 Å². The molecular formula is C12H19NO2S. The van der Waals surface area contributed by atoms with Crippen molar-refractivity contribution in [1.29, 1.82) is 0 Å². The zero-order chi connectivity index (χ0) is 11.6. The van der Waals surface area contributed by atoms with Crippen molar-refractivity contribution in [2.24, 2.45) is 0 Å². The van der Waals surface area contributed by atoms with Crippen molar-refractivity contribution in [3.8, 4) is 0 Å². The molecule has 3 nitrogen and oxygen atoms in total. The highest BCUT2D eigenvalue weighted by Crippen LogP contribution is 2.15. The first-order valence-corrected chi connectivity index (χ1v) is 6.37. The molecule has 4 heteroatoms. The Labute approximate surface area is 101 Å². The van der Waals surface area contributed by atoms with E-state index in [0.717, 1.165) is 12.3 Å². The molecule has 0 fully saturated rings. The Hall–Kier alpha value is -0.550. The number of ether oxygens (including phenoxy) is 1. The SMILES string of the molecule is COCC(O)CNCCSc1ccccc1. The maximum Gasteiger partial charge on any atom is 0.0897 e. The van der Waals surface area contributed by atoms with Crippen molar-refractivity contribution >= 4 is 11.8 Å². The molecule has 1 aromatic carbocycles. The molecule has 1 rings (SSSR count). The summed E-state index contributed by atoms with van der Waals surface area (Å²) in [5.74, 6) is 1.00. The fourth-order valence-electron chi connectivity index (χ4n) is 1.28. The number of aliphatic hydroxyl groups excluding tert-OH is 1. The van der Waals surface area contributed by atoms with E-state index in [-0.39, 0.29) is 0 Å². The van der Waals surface area contributed by atoms with Crippen molar-refractivity contribution in [3.05, 3.63) is 30.3 Å². The highest BCUT2D eigenvalue weighted by molar-refractivity contribution is 7.99. The molecular weight excluding hydrogens is 222 g/mol. The third-order valence-electron chi connectivity index (χ3n) is 2.03. The minimum atomic E-state index is -0.410. The van der Waals surface area contributed by atoms with Gasteiger partial charge in [-0.2, -0.15) is 0 Å². The standard InChI is InChI=1S/C12H19NO2S/c1-15-10-11(14)9-13-7-8-16-12-5-3-2-4-6-12/h2-6,11,13-14H,7-10H2,1H3. The van der Waals surface area contributed by atoms with Crippen molar-refractivity contribution in [2.75, 3.05) is 32.6 Å². The van der Waals surface area contributed by atoms with Gasteiger partial charge in [-0.25, -0.2) is 0 Å². The average molecular weight is 241 g/mol. The molecule has 0 bridgehead atoms. The van der Waals surface area contributed by atoms with Gasteiger partial charge in [0.25, 0.3) is 0 Å². The molecule has 0 spiro atoms. The van der Waals surface area contributed by atoms with Gasteiger partial charge < -0.3 is 15.2 Å². The Kier molecular flexibility index (Phi) is 7.25. The predicted octanol–water partition coefficient (Wildman–Crippen LogP) is 1.38. The van der Waals surface area contributed by atoms with Crippen molar-refractivity contribution in [1.82, 2.24) is 5.32 Å². The smallest absolute Gasteiger partial charge is 0.0897 e. The van der Waals surface area contributed by atoms with E-state index < -0.39 is 6.10 Å². The van der Waals surface area contributed by atoms with Gasteiger partial charge in [0.15, 0.2) is 0 Å².